The van der Waals surface area contributed by atoms with E-state index >= 15 is 0 Å². The maximum atomic E-state index is 13.8. The van der Waals surface area contributed by atoms with Crippen LogP contribution in [-0.2, 0) is 16.6 Å². The Morgan fingerprint density at radius 1 is 0.861 bits per heavy atom. The minimum atomic E-state index is -1.14. The summed E-state index contributed by atoms with van der Waals surface area (Å²) >= 11 is 0. The van der Waals surface area contributed by atoms with Gasteiger partial charge in [0.25, 0.3) is 17.2 Å². The van der Waals surface area contributed by atoms with Gasteiger partial charge in [-0.1, -0.05) is 60.7 Å². The number of benzene rings is 3. The lowest BCUT2D eigenvalue weighted by atomic mass is 9.95. The van der Waals surface area contributed by atoms with E-state index in [-0.39, 0.29) is 17.0 Å². The van der Waals surface area contributed by atoms with E-state index in [1.54, 1.807) is 73.3 Å². The van der Waals surface area contributed by atoms with Crippen LogP contribution in [0.4, 0.5) is 10.1 Å². The number of carbonyl (C=O) groups is 2. The minimum absolute atomic E-state index is 0.00453. The first-order chi connectivity index (χ1) is 17.3. The Kier molecular flexibility index (Phi) is 5.64. The molecule has 1 fully saturated rings. The third kappa shape index (κ3) is 3.54. The van der Waals surface area contributed by atoms with Gasteiger partial charge in [0.2, 0.25) is 0 Å². The summed E-state index contributed by atoms with van der Waals surface area (Å²) in [7, 11) is 1.68. The zero-order valence-electron chi connectivity index (χ0n) is 19.6. The third-order valence-electron chi connectivity index (χ3n) is 6.44. The number of hydrogen-bond acceptors (Lipinski definition) is 4. The van der Waals surface area contributed by atoms with E-state index < -0.39 is 29.1 Å². The van der Waals surface area contributed by atoms with Crippen molar-refractivity contribution in [1.29, 1.82) is 0 Å². The van der Waals surface area contributed by atoms with E-state index in [2.05, 4.69) is 0 Å². The number of carbonyl (C=O) groups excluding carboxylic acids is 2. The van der Waals surface area contributed by atoms with E-state index in [1.165, 1.54) is 28.9 Å². The van der Waals surface area contributed by atoms with Gasteiger partial charge < -0.3 is 5.11 Å². The molecule has 0 bridgehead atoms. The molecule has 8 heteroatoms. The lowest BCUT2D eigenvalue weighted by Gasteiger charge is -2.24. The maximum absolute atomic E-state index is 13.8. The number of amides is 1. The van der Waals surface area contributed by atoms with E-state index in [4.69, 9.17) is 0 Å². The summed E-state index contributed by atoms with van der Waals surface area (Å²) in [5, 5.41) is 11.2. The Balaban J connectivity index is 1.78. The van der Waals surface area contributed by atoms with Crippen LogP contribution in [-0.4, -0.2) is 26.2 Å². The Morgan fingerprint density at radius 3 is 2.06 bits per heavy atom. The maximum Gasteiger partial charge on any atom is 0.300 e. The van der Waals surface area contributed by atoms with Crippen LogP contribution in [0.5, 0.6) is 0 Å². The van der Waals surface area contributed by atoms with Crippen molar-refractivity contribution in [2.45, 2.75) is 13.0 Å². The number of nitrogens with zero attached hydrogens (tertiary/aromatic N) is 3. The number of aliphatic hydroxyl groups excluding tert-OH is 1. The molecule has 5 rings (SSSR count). The number of halogens is 1. The topological polar surface area (TPSA) is 84.5 Å². The van der Waals surface area contributed by atoms with Gasteiger partial charge in [0.05, 0.1) is 23.0 Å². The van der Waals surface area contributed by atoms with Crippen LogP contribution in [0.2, 0.25) is 0 Å². The summed E-state index contributed by atoms with van der Waals surface area (Å²) in [5.41, 5.74) is 1.07. The van der Waals surface area contributed by atoms with Crippen LogP contribution in [0, 0.1) is 12.7 Å². The first kappa shape index (κ1) is 23.0. The van der Waals surface area contributed by atoms with Crippen molar-refractivity contribution < 1.29 is 19.1 Å². The molecule has 1 amide bonds. The van der Waals surface area contributed by atoms with Crippen LogP contribution in [0.25, 0.3) is 11.4 Å². The highest BCUT2D eigenvalue weighted by molar-refractivity contribution is 6.51. The first-order valence-electron chi connectivity index (χ1n) is 11.3. The molecule has 1 aliphatic rings. The van der Waals surface area contributed by atoms with Gasteiger partial charge in [0.1, 0.15) is 17.3 Å². The number of anilines is 1. The van der Waals surface area contributed by atoms with Gasteiger partial charge in [-0.25, -0.2) is 9.07 Å². The van der Waals surface area contributed by atoms with E-state index in [0.717, 1.165) is 4.90 Å². The summed E-state index contributed by atoms with van der Waals surface area (Å²) in [6.45, 7) is 1.68. The Bertz CT molecular complexity index is 1570. The largest absolute Gasteiger partial charge is 0.507 e. The zero-order valence-corrected chi connectivity index (χ0v) is 19.6. The molecule has 0 spiro atoms. The summed E-state index contributed by atoms with van der Waals surface area (Å²) in [6.07, 6.45) is 0. The van der Waals surface area contributed by atoms with Crippen LogP contribution < -0.4 is 10.5 Å². The molecule has 2 heterocycles. The molecule has 7 nitrogen and oxygen atoms in total. The second-order valence-corrected chi connectivity index (χ2v) is 8.50. The fourth-order valence-corrected chi connectivity index (χ4v) is 4.61. The minimum Gasteiger partial charge on any atom is -0.507 e. The van der Waals surface area contributed by atoms with Gasteiger partial charge in [-0.05, 0) is 36.8 Å². The summed E-state index contributed by atoms with van der Waals surface area (Å²) in [5.74, 6) is -2.75. The predicted molar refractivity (Wildman–Crippen MR) is 133 cm³/mol. The summed E-state index contributed by atoms with van der Waals surface area (Å²) < 4.78 is 16.8. The Labute approximate surface area is 205 Å². The van der Waals surface area contributed by atoms with Crippen molar-refractivity contribution >= 4 is 23.1 Å². The third-order valence-corrected chi connectivity index (χ3v) is 6.44. The first-order valence-corrected chi connectivity index (χ1v) is 11.3. The van der Waals surface area contributed by atoms with Crippen LogP contribution in [0.15, 0.2) is 95.3 Å². The van der Waals surface area contributed by atoms with E-state index in [0.29, 0.717) is 22.5 Å². The lowest BCUT2D eigenvalue weighted by Crippen LogP contribution is -2.34. The molecule has 0 radical (unpaired) electrons. The molecular formula is C28H22FN3O4. The highest BCUT2D eigenvalue weighted by Gasteiger charge is 2.49. The van der Waals surface area contributed by atoms with Crippen molar-refractivity contribution in [1.82, 2.24) is 9.36 Å². The summed E-state index contributed by atoms with van der Waals surface area (Å²) in [4.78, 5) is 41.6. The van der Waals surface area contributed by atoms with Gasteiger partial charge in [-0.3, -0.25) is 24.0 Å². The summed E-state index contributed by atoms with van der Waals surface area (Å²) in [6, 6.07) is 21.4. The molecule has 1 N–H and O–H groups in total. The molecule has 0 aliphatic carbocycles. The Morgan fingerprint density at radius 2 is 1.44 bits per heavy atom. The van der Waals surface area contributed by atoms with Crippen LogP contribution in [0.3, 0.4) is 0 Å². The number of aliphatic hydroxyl groups is 1. The van der Waals surface area contributed by atoms with Crippen LogP contribution >= 0.6 is 0 Å². The standard InChI is InChI=1S/C28H22FN3O4/c1-17-23(27(35)32(30(17)2)21-11-7-4-8-12-21)31-24(18-13-15-20(29)16-14-18)22(26(34)28(31)36)25(33)19-9-5-3-6-10-19/h3-16,24,33H,1-2H3/b25-22-. The SMILES string of the molecule is Cc1c(N2C(=O)C(=O)/C(=C(\O)c3ccccc3)C2c2ccc(F)cc2)c(=O)n(-c2ccccc2)n1C. The molecule has 0 saturated carbocycles. The number of Topliss-reactive ketones (excluding diaryl/α,β-unsaturated/α-hetero) is 1. The number of hydrogen-bond donors (Lipinski definition) is 1. The molecule has 1 aliphatic heterocycles. The highest BCUT2D eigenvalue weighted by atomic mass is 19.1. The van der Waals surface area contributed by atoms with E-state index in [1.807, 2.05) is 6.07 Å². The number of aromatic nitrogens is 2. The van der Waals surface area contributed by atoms with Crippen molar-refractivity contribution in [2.75, 3.05) is 4.90 Å². The second-order valence-electron chi connectivity index (χ2n) is 8.50. The molecule has 180 valence electrons. The van der Waals surface area contributed by atoms with E-state index in [9.17, 15) is 23.9 Å². The Hall–Kier alpha value is -4.72. The second kappa shape index (κ2) is 8.81. The molecule has 1 aromatic heterocycles. The average molecular weight is 483 g/mol. The lowest BCUT2D eigenvalue weighted by molar-refractivity contribution is -0.132. The quantitative estimate of drug-likeness (QED) is 0.267. The predicted octanol–water partition coefficient (Wildman–Crippen LogP) is 4.25. The fraction of sp³-hybridized carbons (Fsp3) is 0.107. The molecule has 1 unspecified atom stereocenters. The van der Waals surface area contributed by atoms with Gasteiger partial charge in [0, 0.05) is 12.6 Å². The van der Waals surface area contributed by atoms with Gasteiger partial charge in [0.15, 0.2) is 0 Å². The van der Waals surface area contributed by atoms with Crippen molar-refractivity contribution in [2.24, 2.45) is 7.05 Å². The zero-order chi connectivity index (χ0) is 25.6. The normalized spacial score (nSPS) is 17.1. The highest BCUT2D eigenvalue weighted by Crippen LogP contribution is 2.42. The van der Waals surface area contributed by atoms with Crippen molar-refractivity contribution in [3.05, 3.63) is 123 Å². The molecule has 1 atom stereocenters. The van der Waals surface area contributed by atoms with Crippen molar-refractivity contribution in [3.63, 3.8) is 0 Å². The molecular weight excluding hydrogens is 461 g/mol. The number of para-hydroxylation sites is 1. The monoisotopic (exact) mass is 483 g/mol. The number of ketones is 1. The fourth-order valence-electron chi connectivity index (χ4n) is 4.61. The smallest absolute Gasteiger partial charge is 0.300 e. The van der Waals surface area contributed by atoms with Crippen LogP contribution in [0.1, 0.15) is 22.9 Å². The molecule has 36 heavy (non-hydrogen) atoms. The van der Waals surface area contributed by atoms with Gasteiger partial charge >= 0.3 is 0 Å². The molecule has 3 aromatic carbocycles. The van der Waals surface area contributed by atoms with Gasteiger partial charge in [-0.15, -0.1) is 0 Å². The molecule has 4 aromatic rings. The van der Waals surface area contributed by atoms with Gasteiger partial charge in [-0.2, -0.15) is 0 Å². The average Bonchev–Trinajstić information content (AvgIpc) is 3.28. The van der Waals surface area contributed by atoms with Crippen molar-refractivity contribution in [3.8, 4) is 5.69 Å². The molecule has 1 saturated heterocycles. The number of rotatable bonds is 4.